The molecular weight excluding hydrogens is 512 g/mol. The zero-order chi connectivity index (χ0) is 27.6. The first-order chi connectivity index (χ1) is 19.0. The second-order valence-corrected chi connectivity index (χ2v) is 10.4. The third-order valence-electron chi connectivity index (χ3n) is 6.36. The van der Waals surface area contributed by atoms with E-state index in [4.69, 9.17) is 5.11 Å². The van der Waals surface area contributed by atoms with Crippen molar-refractivity contribution >= 4 is 46.8 Å². The van der Waals surface area contributed by atoms with Gasteiger partial charge in [0.05, 0.1) is 11.3 Å². The van der Waals surface area contributed by atoms with Gasteiger partial charge in [0.15, 0.2) is 5.71 Å². The summed E-state index contributed by atoms with van der Waals surface area (Å²) in [6.45, 7) is 2.75. The number of thioether (sulfide) groups is 1. The van der Waals surface area contributed by atoms with Crippen molar-refractivity contribution in [3.63, 3.8) is 0 Å². The fourth-order valence-electron chi connectivity index (χ4n) is 4.30. The maximum Gasteiger partial charge on any atom is 0.339 e. The molecule has 3 N–H and O–H groups in total. The molecule has 0 radical (unpaired) electrons. The molecule has 39 heavy (non-hydrogen) atoms. The summed E-state index contributed by atoms with van der Waals surface area (Å²) < 4.78 is 0. The van der Waals surface area contributed by atoms with E-state index in [1.165, 1.54) is 0 Å². The van der Waals surface area contributed by atoms with Crippen molar-refractivity contribution in [3.8, 4) is 0 Å². The first-order valence-electron chi connectivity index (χ1n) is 13.1. The molecule has 0 saturated carbocycles. The molecule has 0 fully saturated rings. The number of carbonyl (C=O) groups excluding carboxylic acids is 2. The lowest BCUT2D eigenvalue weighted by atomic mass is 10.1. The summed E-state index contributed by atoms with van der Waals surface area (Å²) in [5.41, 5.74) is 6.15. The molecule has 1 aliphatic heterocycles. The van der Waals surface area contributed by atoms with Crippen LogP contribution in [0.15, 0.2) is 82.8 Å². The fourth-order valence-corrected chi connectivity index (χ4v) is 5.24. The molecule has 1 aliphatic rings. The number of carbonyl (C=O) groups is 3. The van der Waals surface area contributed by atoms with Crippen molar-refractivity contribution in [3.05, 3.63) is 89.5 Å². The number of aryl methyl sites for hydroxylation is 1. The second-order valence-electron chi connectivity index (χ2n) is 9.19. The molecular formula is C30H32N4O4S. The van der Waals surface area contributed by atoms with Gasteiger partial charge < -0.3 is 15.3 Å². The van der Waals surface area contributed by atoms with E-state index in [0.717, 1.165) is 54.0 Å². The van der Waals surface area contributed by atoms with Gasteiger partial charge >= 0.3 is 12.0 Å². The quantitative estimate of drug-likeness (QED) is 0.143. The molecule has 0 spiro atoms. The number of hydrazone groups is 1. The molecule has 1 heterocycles. The fraction of sp³-hybridized carbons (Fsp3) is 0.267. The van der Waals surface area contributed by atoms with Gasteiger partial charge in [0.2, 0.25) is 0 Å². The number of carboxylic acids is 1. The van der Waals surface area contributed by atoms with Crippen LogP contribution in [0.1, 0.15) is 54.1 Å². The van der Waals surface area contributed by atoms with E-state index in [1.807, 2.05) is 48.5 Å². The topological polar surface area (TPSA) is 111 Å². The molecule has 0 atom stereocenters. The molecule has 202 valence electrons. The Hall–Kier alpha value is -4.11. The Bertz CT molecular complexity index is 1340. The summed E-state index contributed by atoms with van der Waals surface area (Å²) in [5.74, 6) is -0.376. The van der Waals surface area contributed by atoms with Crippen LogP contribution in [0.2, 0.25) is 0 Å². The minimum Gasteiger partial charge on any atom is -0.478 e. The Balaban J connectivity index is 1.47. The average molecular weight is 545 g/mol. The van der Waals surface area contributed by atoms with Gasteiger partial charge in [-0.15, -0.1) is 11.8 Å². The SMILES string of the molecule is CCCCCCN1C(=O)/C(=N/NC(=O)Nc2ccccc2)c2cc(SCCc3ccc(C(=O)O)cc3)ccc21. The van der Waals surface area contributed by atoms with Gasteiger partial charge in [0, 0.05) is 28.4 Å². The largest absolute Gasteiger partial charge is 0.478 e. The number of fused-ring (bicyclic) bond motifs is 1. The number of nitrogens with zero attached hydrogens (tertiary/aromatic N) is 2. The molecule has 0 aromatic heterocycles. The number of anilines is 2. The zero-order valence-corrected chi connectivity index (χ0v) is 22.7. The Morgan fingerprint density at radius 1 is 0.974 bits per heavy atom. The van der Waals surface area contributed by atoms with Gasteiger partial charge in [-0.2, -0.15) is 5.10 Å². The van der Waals surface area contributed by atoms with Gasteiger partial charge in [-0.05, 0) is 60.9 Å². The van der Waals surface area contributed by atoms with Crippen molar-refractivity contribution in [2.24, 2.45) is 5.10 Å². The molecule has 3 amide bonds. The van der Waals surface area contributed by atoms with Gasteiger partial charge in [0.1, 0.15) is 0 Å². The third kappa shape index (κ3) is 7.48. The van der Waals surface area contributed by atoms with Crippen LogP contribution < -0.4 is 15.6 Å². The highest BCUT2D eigenvalue weighted by atomic mass is 32.2. The molecule has 0 bridgehead atoms. The monoisotopic (exact) mass is 544 g/mol. The van der Waals surface area contributed by atoms with Crippen molar-refractivity contribution in [1.29, 1.82) is 0 Å². The van der Waals surface area contributed by atoms with Crippen LogP contribution in [0.5, 0.6) is 0 Å². The van der Waals surface area contributed by atoms with Crippen LogP contribution in [-0.4, -0.2) is 41.0 Å². The zero-order valence-electron chi connectivity index (χ0n) is 21.9. The van der Waals surface area contributed by atoms with E-state index in [-0.39, 0.29) is 17.2 Å². The summed E-state index contributed by atoms with van der Waals surface area (Å²) in [7, 11) is 0. The summed E-state index contributed by atoms with van der Waals surface area (Å²) >= 11 is 1.65. The van der Waals surface area contributed by atoms with E-state index in [0.29, 0.717) is 17.8 Å². The van der Waals surface area contributed by atoms with E-state index in [2.05, 4.69) is 22.8 Å². The number of unbranched alkanes of at least 4 members (excludes halogenated alkanes) is 3. The normalized spacial score (nSPS) is 13.4. The lowest BCUT2D eigenvalue weighted by Crippen LogP contribution is -2.33. The number of nitrogens with one attached hydrogen (secondary N) is 2. The molecule has 0 aliphatic carbocycles. The number of urea groups is 1. The van der Waals surface area contributed by atoms with E-state index >= 15 is 0 Å². The number of rotatable bonds is 12. The van der Waals surface area contributed by atoms with Crippen LogP contribution in [0, 0.1) is 0 Å². The second kappa shape index (κ2) is 13.6. The summed E-state index contributed by atoms with van der Waals surface area (Å²) in [5, 5.41) is 16.0. The number of carboxylic acid groups (broad SMARTS) is 1. The highest BCUT2D eigenvalue weighted by Gasteiger charge is 2.34. The van der Waals surface area contributed by atoms with Gasteiger partial charge in [-0.1, -0.05) is 56.5 Å². The van der Waals surface area contributed by atoms with Crippen molar-refractivity contribution in [2.45, 2.75) is 43.9 Å². The van der Waals surface area contributed by atoms with E-state index < -0.39 is 12.0 Å². The molecule has 4 rings (SSSR count). The first-order valence-corrected chi connectivity index (χ1v) is 14.1. The van der Waals surface area contributed by atoms with E-state index in [1.54, 1.807) is 40.9 Å². The lowest BCUT2D eigenvalue weighted by Gasteiger charge is -2.16. The standard InChI is InChI=1S/C30H32N4O4S/c1-2-3-4-8-18-34-26-16-15-24(39-19-17-21-11-13-22(14-12-21)29(36)37)20-25(26)27(28(34)35)32-33-30(38)31-23-9-6-5-7-10-23/h5-7,9-16,20H,2-4,8,17-19H2,1H3,(H,36,37)(H2,31,33,38)/b32-27+. The number of amides is 3. The Labute approximate surface area is 232 Å². The predicted molar refractivity (Wildman–Crippen MR) is 156 cm³/mol. The van der Waals surface area contributed by atoms with Crippen molar-refractivity contribution in [2.75, 3.05) is 22.5 Å². The first kappa shape index (κ1) is 27.9. The Morgan fingerprint density at radius 3 is 2.46 bits per heavy atom. The third-order valence-corrected chi connectivity index (χ3v) is 7.35. The van der Waals surface area contributed by atoms with Crippen LogP contribution in [0.25, 0.3) is 0 Å². The summed E-state index contributed by atoms with van der Waals surface area (Å²) in [6, 6.07) is 21.3. The predicted octanol–water partition coefficient (Wildman–Crippen LogP) is 6.17. The van der Waals surface area contributed by atoms with Gasteiger partial charge in [-0.25, -0.2) is 15.0 Å². The summed E-state index contributed by atoms with van der Waals surface area (Å²) in [6.07, 6.45) is 4.94. The smallest absolute Gasteiger partial charge is 0.339 e. The van der Waals surface area contributed by atoms with Crippen molar-refractivity contribution < 1.29 is 19.5 Å². The van der Waals surface area contributed by atoms with Crippen LogP contribution in [0.3, 0.4) is 0 Å². The number of hydrogen-bond donors (Lipinski definition) is 3. The van der Waals surface area contributed by atoms with Crippen LogP contribution >= 0.6 is 11.8 Å². The lowest BCUT2D eigenvalue weighted by molar-refractivity contribution is -0.112. The number of benzene rings is 3. The summed E-state index contributed by atoms with van der Waals surface area (Å²) in [4.78, 5) is 39.6. The van der Waals surface area contributed by atoms with E-state index in [9.17, 15) is 14.4 Å². The minimum atomic E-state index is -0.937. The Kier molecular flexibility index (Phi) is 9.74. The number of aromatic carboxylic acids is 1. The Morgan fingerprint density at radius 2 is 1.74 bits per heavy atom. The molecule has 9 heteroatoms. The molecule has 0 unspecified atom stereocenters. The van der Waals surface area contributed by atoms with Gasteiger partial charge in [0.25, 0.3) is 5.91 Å². The van der Waals surface area contributed by atoms with Crippen LogP contribution in [0.4, 0.5) is 16.2 Å². The maximum absolute atomic E-state index is 13.4. The molecule has 8 nitrogen and oxygen atoms in total. The van der Waals surface area contributed by atoms with Crippen LogP contribution in [-0.2, 0) is 11.2 Å². The molecule has 3 aromatic rings. The van der Waals surface area contributed by atoms with Gasteiger partial charge in [-0.3, -0.25) is 4.79 Å². The number of para-hydroxylation sites is 1. The molecule has 3 aromatic carbocycles. The minimum absolute atomic E-state index is 0.218. The highest BCUT2D eigenvalue weighted by molar-refractivity contribution is 7.99. The molecule has 0 saturated heterocycles. The van der Waals surface area contributed by atoms with Crippen molar-refractivity contribution in [1.82, 2.24) is 5.43 Å². The maximum atomic E-state index is 13.4. The average Bonchev–Trinajstić information content (AvgIpc) is 3.20. The highest BCUT2D eigenvalue weighted by Crippen LogP contribution is 2.33. The number of hydrogen-bond acceptors (Lipinski definition) is 5.